The molecule has 82 valence electrons. The summed E-state index contributed by atoms with van der Waals surface area (Å²) in [6, 6.07) is 2.15. The summed E-state index contributed by atoms with van der Waals surface area (Å²) in [5.74, 6) is 0. The van der Waals surface area contributed by atoms with E-state index >= 15 is 0 Å². The summed E-state index contributed by atoms with van der Waals surface area (Å²) in [6.45, 7) is 2.02. The van der Waals surface area contributed by atoms with Crippen LogP contribution in [0, 0.1) is 11.3 Å². The first-order chi connectivity index (χ1) is 7.41. The van der Waals surface area contributed by atoms with Gasteiger partial charge in [0.2, 0.25) is 0 Å². The van der Waals surface area contributed by atoms with E-state index < -0.39 is 0 Å². The molecule has 0 saturated heterocycles. The van der Waals surface area contributed by atoms with Gasteiger partial charge in [-0.1, -0.05) is 36.5 Å². The van der Waals surface area contributed by atoms with Crippen molar-refractivity contribution in [3.05, 3.63) is 36.5 Å². The lowest BCUT2D eigenvalue weighted by Crippen LogP contribution is -1.71. The van der Waals surface area contributed by atoms with Crippen molar-refractivity contribution in [2.24, 2.45) is 0 Å². The Kier molecular flexibility index (Phi) is 11.6. The van der Waals surface area contributed by atoms with E-state index in [2.05, 4.69) is 36.4 Å². The van der Waals surface area contributed by atoms with Gasteiger partial charge in [-0.3, -0.25) is 0 Å². The maximum absolute atomic E-state index is 8.32. The van der Waals surface area contributed by atoms with E-state index in [-0.39, 0.29) is 0 Å². The van der Waals surface area contributed by atoms with E-state index in [1.54, 1.807) is 0 Å². The lowest BCUT2D eigenvalue weighted by molar-refractivity contribution is 0.844. The van der Waals surface area contributed by atoms with Crippen LogP contribution in [0.2, 0.25) is 0 Å². The van der Waals surface area contributed by atoms with E-state index in [1.807, 2.05) is 13.0 Å². The van der Waals surface area contributed by atoms with Crippen molar-refractivity contribution in [1.82, 2.24) is 0 Å². The maximum atomic E-state index is 8.32. The van der Waals surface area contributed by atoms with Crippen molar-refractivity contribution >= 4 is 0 Å². The summed E-state index contributed by atoms with van der Waals surface area (Å²) in [4.78, 5) is 0. The number of hydrogen-bond acceptors (Lipinski definition) is 1. The Morgan fingerprint density at radius 3 is 2.27 bits per heavy atom. The molecule has 1 heteroatoms. The zero-order chi connectivity index (χ0) is 11.2. The topological polar surface area (TPSA) is 23.8 Å². The maximum Gasteiger partial charge on any atom is 0.0621 e. The van der Waals surface area contributed by atoms with Gasteiger partial charge in [-0.25, -0.2) is 0 Å². The van der Waals surface area contributed by atoms with Gasteiger partial charge in [0.25, 0.3) is 0 Å². The van der Waals surface area contributed by atoms with Gasteiger partial charge in [0.05, 0.1) is 6.07 Å². The molecule has 0 aromatic rings. The number of nitrogens with zero attached hydrogens (tertiary/aromatic N) is 1. The average molecular weight is 203 g/mol. The van der Waals surface area contributed by atoms with Gasteiger partial charge in [0.1, 0.15) is 0 Å². The Balaban J connectivity index is 3.20. The Morgan fingerprint density at radius 1 is 0.933 bits per heavy atom. The molecular weight excluding hydrogens is 182 g/mol. The Hall–Kier alpha value is -1.29. The molecule has 1 nitrogen and oxygen atoms in total. The van der Waals surface area contributed by atoms with Crippen LogP contribution in [0.1, 0.15) is 45.4 Å². The molecule has 0 spiro atoms. The van der Waals surface area contributed by atoms with Crippen molar-refractivity contribution in [1.29, 1.82) is 5.26 Å². The summed E-state index contributed by atoms with van der Waals surface area (Å²) in [5.41, 5.74) is 0. The zero-order valence-corrected chi connectivity index (χ0v) is 9.65. The molecule has 0 atom stereocenters. The number of allylic oxidation sites excluding steroid dienone is 6. The normalized spacial score (nSPS) is 11.7. The molecule has 0 unspecified atom stereocenters. The molecule has 0 bridgehead atoms. The highest BCUT2D eigenvalue weighted by Gasteiger charge is 1.82. The molecule has 15 heavy (non-hydrogen) atoms. The molecular formula is C14H21N. The number of hydrogen-bond donors (Lipinski definition) is 0. The fourth-order valence-corrected chi connectivity index (χ4v) is 1.17. The quantitative estimate of drug-likeness (QED) is 0.323. The lowest BCUT2D eigenvalue weighted by Gasteiger charge is -1.90. The minimum atomic E-state index is 0.677. The van der Waals surface area contributed by atoms with Crippen molar-refractivity contribution in [2.45, 2.75) is 45.4 Å². The van der Waals surface area contributed by atoms with Crippen LogP contribution < -0.4 is 0 Å². The first-order valence-electron chi connectivity index (χ1n) is 5.71. The summed E-state index contributed by atoms with van der Waals surface area (Å²) < 4.78 is 0. The SMILES string of the molecule is C/C=C/C=C/CCC/C=C/CCCC#N. The molecule has 0 aromatic heterocycles. The molecule has 0 aliphatic heterocycles. The van der Waals surface area contributed by atoms with Crippen LogP contribution in [0.25, 0.3) is 0 Å². The molecule has 0 aliphatic carbocycles. The van der Waals surface area contributed by atoms with Gasteiger partial charge < -0.3 is 0 Å². The molecule has 0 heterocycles. The third-order valence-electron chi connectivity index (χ3n) is 2.01. The number of unbranched alkanes of at least 4 members (excludes halogenated alkanes) is 4. The van der Waals surface area contributed by atoms with E-state index in [0.29, 0.717) is 6.42 Å². The Bertz CT molecular complexity index is 241. The van der Waals surface area contributed by atoms with Crippen LogP contribution in [0.5, 0.6) is 0 Å². The predicted octanol–water partition coefficient (Wildman–Crippen LogP) is 4.54. The number of nitriles is 1. The van der Waals surface area contributed by atoms with Gasteiger partial charge in [0.15, 0.2) is 0 Å². The van der Waals surface area contributed by atoms with Crippen LogP contribution in [0.3, 0.4) is 0 Å². The molecule has 0 saturated carbocycles. The van der Waals surface area contributed by atoms with Crippen LogP contribution in [-0.2, 0) is 0 Å². The minimum Gasteiger partial charge on any atom is -0.198 e. The summed E-state index contributed by atoms with van der Waals surface area (Å²) in [6.07, 6.45) is 19.0. The fourth-order valence-electron chi connectivity index (χ4n) is 1.17. The van der Waals surface area contributed by atoms with Crippen LogP contribution in [0.15, 0.2) is 36.5 Å². The fraction of sp³-hybridized carbons (Fsp3) is 0.500. The van der Waals surface area contributed by atoms with Gasteiger partial charge in [0, 0.05) is 6.42 Å². The smallest absolute Gasteiger partial charge is 0.0621 e. The third kappa shape index (κ3) is 12.7. The molecule has 0 N–H and O–H groups in total. The van der Waals surface area contributed by atoms with Gasteiger partial charge in [-0.2, -0.15) is 5.26 Å². The highest BCUT2D eigenvalue weighted by molar-refractivity contribution is 5.00. The van der Waals surface area contributed by atoms with E-state index in [0.717, 1.165) is 25.7 Å². The highest BCUT2D eigenvalue weighted by Crippen LogP contribution is 2.01. The van der Waals surface area contributed by atoms with Crippen LogP contribution >= 0.6 is 0 Å². The standard InChI is InChI=1S/C14H21N/c1-2-3-4-5-6-7-8-9-10-11-12-13-14-15/h2-5,9-10H,6-8,11-13H2,1H3/b3-2+,5-4+,10-9+. The molecule has 0 aromatic carbocycles. The number of rotatable bonds is 8. The van der Waals surface area contributed by atoms with E-state index in [1.165, 1.54) is 6.42 Å². The average Bonchev–Trinajstić information content (AvgIpc) is 2.26. The summed E-state index contributed by atoms with van der Waals surface area (Å²) in [7, 11) is 0. The molecule has 0 radical (unpaired) electrons. The van der Waals surface area contributed by atoms with E-state index in [9.17, 15) is 0 Å². The second-order valence-electron chi connectivity index (χ2n) is 3.41. The molecule has 0 fully saturated rings. The van der Waals surface area contributed by atoms with Gasteiger partial charge in [-0.15, -0.1) is 0 Å². The van der Waals surface area contributed by atoms with Crippen molar-refractivity contribution < 1.29 is 0 Å². The highest BCUT2D eigenvalue weighted by atomic mass is 14.2. The molecule has 0 rings (SSSR count). The van der Waals surface area contributed by atoms with E-state index in [4.69, 9.17) is 5.26 Å². The van der Waals surface area contributed by atoms with Crippen molar-refractivity contribution in [2.75, 3.05) is 0 Å². The van der Waals surface area contributed by atoms with Crippen molar-refractivity contribution in [3.8, 4) is 6.07 Å². The second kappa shape index (κ2) is 12.7. The third-order valence-corrected chi connectivity index (χ3v) is 2.01. The minimum absolute atomic E-state index is 0.677. The second-order valence-corrected chi connectivity index (χ2v) is 3.41. The first kappa shape index (κ1) is 13.7. The molecule has 0 amide bonds. The predicted molar refractivity (Wildman–Crippen MR) is 66.4 cm³/mol. The van der Waals surface area contributed by atoms with Gasteiger partial charge in [-0.05, 0) is 39.0 Å². The van der Waals surface area contributed by atoms with Crippen molar-refractivity contribution in [3.63, 3.8) is 0 Å². The monoisotopic (exact) mass is 203 g/mol. The van der Waals surface area contributed by atoms with Crippen LogP contribution in [-0.4, -0.2) is 0 Å². The van der Waals surface area contributed by atoms with Gasteiger partial charge >= 0.3 is 0 Å². The van der Waals surface area contributed by atoms with Crippen LogP contribution in [0.4, 0.5) is 0 Å². The Morgan fingerprint density at radius 2 is 1.60 bits per heavy atom. The molecule has 0 aliphatic rings. The lowest BCUT2D eigenvalue weighted by atomic mass is 10.2. The summed E-state index contributed by atoms with van der Waals surface area (Å²) >= 11 is 0. The largest absolute Gasteiger partial charge is 0.198 e. The summed E-state index contributed by atoms with van der Waals surface area (Å²) in [5, 5.41) is 8.32. The Labute approximate surface area is 93.8 Å². The zero-order valence-electron chi connectivity index (χ0n) is 9.65. The first-order valence-corrected chi connectivity index (χ1v) is 5.71.